The van der Waals surface area contributed by atoms with Crippen molar-refractivity contribution < 1.29 is 9.59 Å². The summed E-state index contributed by atoms with van der Waals surface area (Å²) in [5, 5.41) is 11.5. The van der Waals surface area contributed by atoms with Crippen LogP contribution in [0.3, 0.4) is 0 Å². The number of nitriles is 1. The Balaban J connectivity index is 1.14. The molecule has 0 radical (unpaired) electrons. The molecular formula is C60H38N4O2. The number of imide groups is 1. The van der Waals surface area contributed by atoms with E-state index in [9.17, 15) is 5.26 Å². The molecule has 0 N–H and O–H groups in total. The van der Waals surface area contributed by atoms with Crippen LogP contribution in [0.15, 0.2) is 194 Å². The lowest BCUT2D eigenvalue weighted by Crippen LogP contribution is -2.30. The Labute approximate surface area is 382 Å². The molecule has 6 nitrogen and oxygen atoms in total. The summed E-state index contributed by atoms with van der Waals surface area (Å²) in [6.45, 7) is 11.6. The van der Waals surface area contributed by atoms with Crippen molar-refractivity contribution in [3.63, 3.8) is 0 Å². The minimum atomic E-state index is -0.403. The topological polar surface area (TPSA) is 70.5 Å². The van der Waals surface area contributed by atoms with Gasteiger partial charge in [0.25, 0.3) is 11.8 Å². The fraction of sp³-hybridized carbons (Fsp3) is 0.0333. The molecule has 9 aromatic carbocycles. The Morgan fingerprint density at radius 3 is 1.55 bits per heavy atom. The van der Waals surface area contributed by atoms with Gasteiger partial charge in [-0.25, -0.2) is 9.74 Å². The van der Waals surface area contributed by atoms with Crippen molar-refractivity contribution in [2.45, 2.75) is 13.8 Å². The van der Waals surface area contributed by atoms with E-state index in [4.69, 9.17) is 6.57 Å². The minimum absolute atomic E-state index is 0.327. The molecule has 10 aromatic rings. The van der Waals surface area contributed by atoms with Crippen molar-refractivity contribution in [3.8, 4) is 67.4 Å². The first kappa shape index (κ1) is 39.7. The number of aryl methyl sites for hydroxylation is 2. The molecule has 0 bridgehead atoms. The van der Waals surface area contributed by atoms with Crippen molar-refractivity contribution in [1.82, 2.24) is 4.57 Å². The first-order chi connectivity index (χ1) is 32.3. The highest BCUT2D eigenvalue weighted by Crippen LogP contribution is 2.47. The van der Waals surface area contributed by atoms with Crippen molar-refractivity contribution in [1.29, 1.82) is 5.26 Å². The molecular weight excluding hydrogens is 809 g/mol. The van der Waals surface area contributed by atoms with Gasteiger partial charge < -0.3 is 4.57 Å². The van der Waals surface area contributed by atoms with Crippen LogP contribution >= 0.6 is 0 Å². The third-order valence-electron chi connectivity index (χ3n) is 12.8. The average Bonchev–Trinajstić information content (AvgIpc) is 3.82. The van der Waals surface area contributed by atoms with Gasteiger partial charge in [0.1, 0.15) is 0 Å². The number of carbonyl (C=O) groups excluding carboxylic acids is 2. The van der Waals surface area contributed by atoms with E-state index in [1.165, 1.54) is 4.90 Å². The fourth-order valence-electron chi connectivity index (χ4n) is 9.72. The van der Waals surface area contributed by atoms with Gasteiger partial charge in [0, 0.05) is 21.9 Å². The third-order valence-corrected chi connectivity index (χ3v) is 12.8. The molecule has 1 aliphatic heterocycles. The summed E-state index contributed by atoms with van der Waals surface area (Å²) in [4.78, 5) is 35.9. The van der Waals surface area contributed by atoms with Gasteiger partial charge in [0.2, 0.25) is 0 Å². The van der Waals surface area contributed by atoms with Gasteiger partial charge in [-0.05, 0) is 125 Å². The Morgan fingerprint density at radius 1 is 0.470 bits per heavy atom. The summed E-state index contributed by atoms with van der Waals surface area (Å²) in [5.41, 5.74) is 16.0. The summed E-state index contributed by atoms with van der Waals surface area (Å²) in [7, 11) is 0. The molecule has 6 heteroatoms. The maximum absolute atomic E-state index is 15.6. The molecule has 0 unspecified atom stereocenters. The highest BCUT2D eigenvalue weighted by molar-refractivity contribution is 6.37. The van der Waals surface area contributed by atoms with E-state index in [1.54, 1.807) is 6.07 Å². The van der Waals surface area contributed by atoms with Crippen molar-refractivity contribution in [2.75, 3.05) is 4.90 Å². The van der Waals surface area contributed by atoms with E-state index in [0.29, 0.717) is 33.8 Å². The zero-order chi connectivity index (χ0) is 45.1. The van der Waals surface area contributed by atoms with Crippen LogP contribution in [-0.4, -0.2) is 16.4 Å². The second-order valence-electron chi connectivity index (χ2n) is 16.7. The van der Waals surface area contributed by atoms with Crippen molar-refractivity contribution in [2.24, 2.45) is 0 Å². The SMILES string of the molecule is [C-]#[N+]c1ccc(-c2ccc3c(c2)c2cc(-c4ccc(C#N)cc4C)ccc2n3-c2cccc3c2C(=O)N(c2c(-c4ccccc4)cc(-c4ccccc4)cc2-c2ccccc2)C3=O)c(C)c1. The second kappa shape index (κ2) is 15.9. The van der Waals surface area contributed by atoms with Gasteiger partial charge in [-0.1, -0.05) is 139 Å². The maximum atomic E-state index is 15.6. The predicted octanol–water partition coefficient (Wildman–Crippen LogP) is 15.0. The summed E-state index contributed by atoms with van der Waals surface area (Å²) in [6, 6.07) is 66.2. The molecule has 0 spiro atoms. The molecule has 11 rings (SSSR count). The third kappa shape index (κ3) is 6.48. The lowest BCUT2D eigenvalue weighted by molar-refractivity contribution is 0.0926. The minimum Gasteiger partial charge on any atom is -0.308 e. The molecule has 1 aliphatic rings. The van der Waals surface area contributed by atoms with E-state index >= 15 is 9.59 Å². The quantitative estimate of drug-likeness (QED) is 0.118. The largest absolute Gasteiger partial charge is 0.308 e. The summed E-state index contributed by atoms with van der Waals surface area (Å²) < 4.78 is 2.11. The van der Waals surface area contributed by atoms with Crippen LogP contribution in [0.1, 0.15) is 37.4 Å². The first-order valence-electron chi connectivity index (χ1n) is 21.8. The van der Waals surface area contributed by atoms with E-state index in [-0.39, 0.29) is 0 Å². The molecule has 66 heavy (non-hydrogen) atoms. The van der Waals surface area contributed by atoms with Crippen LogP contribution in [0, 0.1) is 31.8 Å². The maximum Gasteiger partial charge on any atom is 0.268 e. The number of carbonyl (C=O) groups is 2. The standard InChI is InChI=1S/C60H38N4O2/c1-37-30-39(36-61)22-26-47(37)43-23-28-54-52(32-43)53-33-44(48-27-25-46(62-3)31-38(48)2)24-29-55(53)63(54)56-21-13-20-49-57(56)60(66)64(59(49)65)58-50(41-16-9-5-10-17-41)34-45(40-14-7-4-8-15-40)35-51(58)42-18-11-6-12-19-42/h4-35H,1-2H3. The Bertz CT molecular complexity index is 3540. The van der Waals surface area contributed by atoms with Gasteiger partial charge in [-0.3, -0.25) is 9.59 Å². The predicted molar refractivity (Wildman–Crippen MR) is 266 cm³/mol. The van der Waals surface area contributed by atoms with Gasteiger partial charge in [-0.2, -0.15) is 5.26 Å². The number of nitrogens with zero attached hydrogens (tertiary/aromatic N) is 4. The summed E-state index contributed by atoms with van der Waals surface area (Å²) >= 11 is 0. The highest BCUT2D eigenvalue weighted by Gasteiger charge is 2.42. The van der Waals surface area contributed by atoms with Crippen LogP contribution in [-0.2, 0) is 0 Å². The van der Waals surface area contributed by atoms with Gasteiger partial charge in [-0.15, -0.1) is 0 Å². The van der Waals surface area contributed by atoms with Crippen LogP contribution in [0.5, 0.6) is 0 Å². The Hall–Kier alpha value is -9.10. The van der Waals surface area contributed by atoms with Crippen molar-refractivity contribution in [3.05, 3.63) is 233 Å². The monoisotopic (exact) mass is 846 g/mol. The average molecular weight is 847 g/mol. The zero-order valence-electron chi connectivity index (χ0n) is 36.1. The number of hydrogen-bond donors (Lipinski definition) is 0. The zero-order valence-corrected chi connectivity index (χ0v) is 36.1. The number of anilines is 1. The van der Waals surface area contributed by atoms with Crippen LogP contribution in [0.4, 0.5) is 11.4 Å². The van der Waals surface area contributed by atoms with Crippen LogP contribution < -0.4 is 4.90 Å². The molecule has 0 saturated carbocycles. The number of benzene rings is 9. The van der Waals surface area contributed by atoms with E-state index in [2.05, 4.69) is 76.1 Å². The summed E-state index contributed by atoms with van der Waals surface area (Å²) in [6.07, 6.45) is 0. The number of rotatable bonds is 7. The number of amides is 2. The number of fused-ring (bicyclic) bond motifs is 4. The lowest BCUT2D eigenvalue weighted by atomic mass is 9.90. The van der Waals surface area contributed by atoms with Gasteiger partial charge in [0.15, 0.2) is 5.69 Å². The molecule has 310 valence electrons. The van der Waals surface area contributed by atoms with Gasteiger partial charge in [0.05, 0.1) is 51.7 Å². The molecule has 0 aliphatic carbocycles. The van der Waals surface area contributed by atoms with Crippen LogP contribution in [0.25, 0.3) is 88.0 Å². The first-order valence-corrected chi connectivity index (χ1v) is 21.8. The van der Waals surface area contributed by atoms with Crippen LogP contribution in [0.2, 0.25) is 0 Å². The molecule has 1 aromatic heterocycles. The molecule has 0 fully saturated rings. The van der Waals surface area contributed by atoms with E-state index < -0.39 is 11.8 Å². The Kier molecular flexibility index (Phi) is 9.58. The lowest BCUT2D eigenvalue weighted by Gasteiger charge is -2.24. The molecule has 2 heterocycles. The normalized spacial score (nSPS) is 12.1. The van der Waals surface area contributed by atoms with Gasteiger partial charge >= 0.3 is 0 Å². The summed E-state index contributed by atoms with van der Waals surface area (Å²) in [5.74, 6) is -0.793. The molecule has 2 amide bonds. The number of aromatic nitrogens is 1. The van der Waals surface area contributed by atoms with Crippen molar-refractivity contribution >= 4 is 45.0 Å². The highest BCUT2D eigenvalue weighted by atomic mass is 16.2. The van der Waals surface area contributed by atoms with E-state index in [1.807, 2.05) is 141 Å². The second-order valence-corrected chi connectivity index (χ2v) is 16.7. The van der Waals surface area contributed by atoms with E-state index in [0.717, 1.165) is 88.6 Å². The Morgan fingerprint density at radius 2 is 1.02 bits per heavy atom. The molecule has 0 atom stereocenters. The fourth-order valence-corrected chi connectivity index (χ4v) is 9.72. The number of hydrogen-bond acceptors (Lipinski definition) is 3. The molecule has 0 saturated heterocycles. The smallest absolute Gasteiger partial charge is 0.268 e.